The summed E-state index contributed by atoms with van der Waals surface area (Å²) in [5.41, 5.74) is 0.584. The van der Waals surface area contributed by atoms with E-state index in [1.807, 2.05) is 0 Å². The molecule has 0 fully saturated rings. The second-order valence-corrected chi connectivity index (χ2v) is 5.47. The van der Waals surface area contributed by atoms with Gasteiger partial charge in [-0.15, -0.1) is 0 Å². The molecule has 0 radical (unpaired) electrons. The van der Waals surface area contributed by atoms with Crippen molar-refractivity contribution in [1.82, 2.24) is 20.0 Å². The Balaban J connectivity index is 2.05. The van der Waals surface area contributed by atoms with Crippen molar-refractivity contribution in [2.24, 2.45) is 0 Å². The van der Waals surface area contributed by atoms with Crippen LogP contribution in [-0.2, 0) is 23.1 Å². The molecule has 0 atom stereocenters. The molecule has 2 N–H and O–H groups in total. The Bertz CT molecular complexity index is 624. The smallest absolute Gasteiger partial charge is 0.274 e. The van der Waals surface area contributed by atoms with Crippen LogP contribution in [0.1, 0.15) is 11.5 Å². The van der Waals surface area contributed by atoms with E-state index in [9.17, 15) is 8.42 Å². The largest absolute Gasteiger partial charge is 0.447 e. The van der Waals surface area contributed by atoms with E-state index in [1.165, 1.54) is 12.4 Å². The minimum absolute atomic E-state index is 0.0902. The SMILES string of the molecule is CNCc1ccc(S(=O)(=O)NCc2ccncn2)o1. The third kappa shape index (κ3) is 3.60. The van der Waals surface area contributed by atoms with Crippen LogP contribution in [0, 0.1) is 0 Å². The summed E-state index contributed by atoms with van der Waals surface area (Å²) >= 11 is 0. The Morgan fingerprint density at radius 2 is 2.11 bits per heavy atom. The van der Waals surface area contributed by atoms with Gasteiger partial charge < -0.3 is 9.73 Å². The highest BCUT2D eigenvalue weighted by atomic mass is 32.2. The van der Waals surface area contributed by atoms with Crippen LogP contribution < -0.4 is 10.0 Å². The Morgan fingerprint density at radius 1 is 1.26 bits per heavy atom. The average Bonchev–Trinajstić information content (AvgIpc) is 2.88. The fourth-order valence-corrected chi connectivity index (χ4v) is 2.38. The third-order valence-corrected chi connectivity index (χ3v) is 3.61. The van der Waals surface area contributed by atoms with Gasteiger partial charge in [-0.05, 0) is 25.2 Å². The van der Waals surface area contributed by atoms with E-state index >= 15 is 0 Å². The summed E-state index contributed by atoms with van der Waals surface area (Å²) < 4.78 is 31.6. The highest BCUT2D eigenvalue weighted by Crippen LogP contribution is 2.13. The zero-order chi connectivity index (χ0) is 13.7. The van der Waals surface area contributed by atoms with Crippen LogP contribution in [0.15, 0.2) is 40.2 Å². The molecule has 0 aliphatic carbocycles. The van der Waals surface area contributed by atoms with E-state index in [-0.39, 0.29) is 11.6 Å². The number of furan rings is 1. The van der Waals surface area contributed by atoms with Gasteiger partial charge in [0.05, 0.1) is 18.8 Å². The number of nitrogens with one attached hydrogen (secondary N) is 2. The summed E-state index contributed by atoms with van der Waals surface area (Å²) in [4.78, 5) is 7.69. The van der Waals surface area contributed by atoms with Gasteiger partial charge in [-0.3, -0.25) is 0 Å². The van der Waals surface area contributed by atoms with Crippen molar-refractivity contribution in [2.75, 3.05) is 7.05 Å². The molecule has 2 rings (SSSR count). The predicted molar refractivity (Wildman–Crippen MR) is 67.5 cm³/mol. The molecular weight excluding hydrogens is 268 g/mol. The lowest BCUT2D eigenvalue weighted by molar-refractivity contribution is 0.404. The first-order valence-corrected chi connectivity index (χ1v) is 7.08. The molecule has 2 aromatic rings. The zero-order valence-corrected chi connectivity index (χ0v) is 11.1. The second kappa shape index (κ2) is 5.91. The molecule has 0 saturated heterocycles. The van der Waals surface area contributed by atoms with E-state index in [1.54, 1.807) is 25.4 Å². The molecular formula is C11H14N4O3S. The minimum Gasteiger partial charge on any atom is -0.447 e. The number of aromatic nitrogens is 2. The molecule has 0 bridgehead atoms. The summed E-state index contributed by atoms with van der Waals surface area (Å²) in [6.45, 7) is 0.564. The first-order valence-electron chi connectivity index (χ1n) is 5.59. The maximum atomic E-state index is 12.0. The molecule has 102 valence electrons. The third-order valence-electron chi connectivity index (χ3n) is 2.34. The van der Waals surface area contributed by atoms with E-state index in [0.717, 1.165) is 0 Å². The quantitative estimate of drug-likeness (QED) is 0.789. The lowest BCUT2D eigenvalue weighted by Crippen LogP contribution is -2.23. The van der Waals surface area contributed by atoms with Gasteiger partial charge >= 0.3 is 0 Å². The van der Waals surface area contributed by atoms with Crippen LogP contribution in [0.5, 0.6) is 0 Å². The highest BCUT2D eigenvalue weighted by molar-refractivity contribution is 7.89. The maximum Gasteiger partial charge on any atom is 0.274 e. The molecule has 2 aromatic heterocycles. The molecule has 0 saturated carbocycles. The number of hydrogen-bond donors (Lipinski definition) is 2. The summed E-state index contributed by atoms with van der Waals surface area (Å²) in [5.74, 6) is 0.560. The second-order valence-electron chi connectivity index (χ2n) is 3.78. The Hall–Kier alpha value is -1.77. The van der Waals surface area contributed by atoms with Gasteiger partial charge in [0.2, 0.25) is 5.09 Å². The Kier molecular flexibility index (Phi) is 4.25. The normalized spacial score (nSPS) is 11.6. The zero-order valence-electron chi connectivity index (χ0n) is 10.3. The predicted octanol–water partition coefficient (Wildman–Crippen LogP) is 0.267. The van der Waals surface area contributed by atoms with E-state index in [0.29, 0.717) is 18.0 Å². The molecule has 0 aromatic carbocycles. The van der Waals surface area contributed by atoms with Crippen LogP contribution in [0.3, 0.4) is 0 Å². The molecule has 2 heterocycles. The van der Waals surface area contributed by atoms with Crippen molar-refractivity contribution in [1.29, 1.82) is 0 Å². The Labute approximate surface area is 111 Å². The lowest BCUT2D eigenvalue weighted by atomic mass is 10.4. The maximum absolute atomic E-state index is 12.0. The van der Waals surface area contributed by atoms with Crippen molar-refractivity contribution in [3.8, 4) is 0 Å². The van der Waals surface area contributed by atoms with Gasteiger partial charge in [0.15, 0.2) is 0 Å². The number of sulfonamides is 1. The van der Waals surface area contributed by atoms with Crippen LogP contribution in [0.25, 0.3) is 0 Å². The van der Waals surface area contributed by atoms with Crippen molar-refractivity contribution in [3.05, 3.63) is 42.2 Å². The number of hydrogen-bond acceptors (Lipinski definition) is 6. The van der Waals surface area contributed by atoms with Crippen LogP contribution in [0.2, 0.25) is 0 Å². The van der Waals surface area contributed by atoms with Gasteiger partial charge in [0.25, 0.3) is 10.0 Å². The fourth-order valence-electron chi connectivity index (χ4n) is 1.43. The van der Waals surface area contributed by atoms with Crippen LogP contribution >= 0.6 is 0 Å². The van der Waals surface area contributed by atoms with Gasteiger partial charge in [-0.2, -0.15) is 0 Å². The number of rotatable bonds is 6. The summed E-state index contributed by atoms with van der Waals surface area (Å²) in [6.07, 6.45) is 2.91. The number of nitrogens with zero attached hydrogens (tertiary/aromatic N) is 2. The molecule has 0 aliphatic heterocycles. The van der Waals surface area contributed by atoms with Gasteiger partial charge in [-0.25, -0.2) is 23.1 Å². The van der Waals surface area contributed by atoms with E-state index < -0.39 is 10.0 Å². The van der Waals surface area contributed by atoms with Crippen molar-refractivity contribution < 1.29 is 12.8 Å². The van der Waals surface area contributed by atoms with Gasteiger partial charge in [-0.1, -0.05) is 0 Å². The summed E-state index contributed by atoms with van der Waals surface area (Å²) in [7, 11) is -1.91. The van der Waals surface area contributed by atoms with E-state index in [4.69, 9.17) is 4.42 Å². The van der Waals surface area contributed by atoms with Crippen LogP contribution in [0.4, 0.5) is 0 Å². The summed E-state index contributed by atoms with van der Waals surface area (Å²) in [5, 5.41) is 2.78. The first-order chi connectivity index (χ1) is 9.12. The molecule has 8 heteroatoms. The minimum atomic E-state index is -3.66. The van der Waals surface area contributed by atoms with Crippen LogP contribution in [-0.4, -0.2) is 25.4 Å². The van der Waals surface area contributed by atoms with E-state index in [2.05, 4.69) is 20.0 Å². The van der Waals surface area contributed by atoms with Gasteiger partial charge in [0, 0.05) is 6.20 Å². The molecule has 0 amide bonds. The topological polar surface area (TPSA) is 97.1 Å². The van der Waals surface area contributed by atoms with Crippen molar-refractivity contribution >= 4 is 10.0 Å². The lowest BCUT2D eigenvalue weighted by Gasteiger charge is -2.03. The monoisotopic (exact) mass is 282 g/mol. The van der Waals surface area contributed by atoms with Crippen molar-refractivity contribution in [2.45, 2.75) is 18.2 Å². The molecule has 7 nitrogen and oxygen atoms in total. The van der Waals surface area contributed by atoms with Gasteiger partial charge in [0.1, 0.15) is 12.1 Å². The fraction of sp³-hybridized carbons (Fsp3) is 0.273. The molecule has 0 aliphatic rings. The first kappa shape index (κ1) is 13.7. The molecule has 0 spiro atoms. The highest BCUT2D eigenvalue weighted by Gasteiger charge is 2.18. The molecule has 0 unspecified atom stereocenters. The summed E-state index contributed by atoms with van der Waals surface area (Å²) in [6, 6.07) is 4.68. The molecule has 19 heavy (non-hydrogen) atoms. The van der Waals surface area contributed by atoms with Crippen molar-refractivity contribution in [3.63, 3.8) is 0 Å². The standard InChI is InChI=1S/C11H14N4O3S/c1-12-7-10-2-3-11(18-10)19(16,17)15-6-9-4-5-13-8-14-9/h2-5,8,12,15H,6-7H2,1H3. The Morgan fingerprint density at radius 3 is 2.79 bits per heavy atom. The average molecular weight is 282 g/mol.